The van der Waals surface area contributed by atoms with Crippen molar-refractivity contribution in [3.63, 3.8) is 0 Å². The first-order valence-electron chi connectivity index (χ1n) is 14.5. The van der Waals surface area contributed by atoms with Crippen LogP contribution in [0.15, 0.2) is 108 Å². The van der Waals surface area contributed by atoms with E-state index in [0.29, 0.717) is 5.92 Å². The Morgan fingerprint density at radius 1 is 0.789 bits per heavy atom. The molecule has 3 rings (SSSR count). The Kier molecular flexibility index (Phi) is 10.8. The molecule has 0 N–H and O–H groups in total. The molecule has 0 amide bonds. The molecule has 1 nitrogen and oxygen atoms in total. The Hall–Kier alpha value is -2.42. The van der Waals surface area contributed by atoms with Gasteiger partial charge in [0.25, 0.3) is 8.32 Å². The van der Waals surface area contributed by atoms with E-state index in [1.54, 1.807) is 0 Å². The van der Waals surface area contributed by atoms with Crippen LogP contribution in [0.4, 0.5) is 0 Å². The fraction of sp³-hybridized carbons (Fsp3) is 0.444. The molecule has 0 saturated carbocycles. The standard InChI is InChI=1S/C36H50OSi/c1-28(2)32-26-25-30(4)18-15-17-29(3)19-16-20-31(5)35(27-32)37-38(36(6,7)8,33-21-11-9-12-22-33)34-23-13-10-14-24-34/h9-14,17,20-25,32,35H,1,15-16,18-19,26-27H2,2-8H3/b29-17+,30-25+,31-20+/t32-,35-/m0/s1. The van der Waals surface area contributed by atoms with Gasteiger partial charge in [0.2, 0.25) is 0 Å². The lowest BCUT2D eigenvalue weighted by Gasteiger charge is -2.46. The highest BCUT2D eigenvalue weighted by molar-refractivity contribution is 6.99. The molecule has 0 aliphatic heterocycles. The fourth-order valence-corrected chi connectivity index (χ4v) is 10.5. The van der Waals surface area contributed by atoms with E-state index in [0.717, 1.165) is 38.5 Å². The zero-order valence-electron chi connectivity index (χ0n) is 25.0. The first-order valence-corrected chi connectivity index (χ1v) is 16.4. The summed E-state index contributed by atoms with van der Waals surface area (Å²) in [7, 11) is -2.68. The number of hydrogen-bond donors (Lipinski definition) is 0. The predicted molar refractivity (Wildman–Crippen MR) is 170 cm³/mol. The number of benzene rings is 2. The topological polar surface area (TPSA) is 9.23 Å². The maximum atomic E-state index is 7.72. The molecule has 204 valence electrons. The summed E-state index contributed by atoms with van der Waals surface area (Å²) in [6, 6.07) is 22.1. The van der Waals surface area contributed by atoms with Crippen LogP contribution in [0.1, 0.15) is 87.0 Å². The lowest BCUT2D eigenvalue weighted by Crippen LogP contribution is -2.67. The maximum Gasteiger partial charge on any atom is 0.261 e. The summed E-state index contributed by atoms with van der Waals surface area (Å²) in [5.41, 5.74) is 5.58. The predicted octanol–water partition coefficient (Wildman–Crippen LogP) is 9.32. The van der Waals surface area contributed by atoms with Crippen LogP contribution in [0.2, 0.25) is 5.04 Å². The highest BCUT2D eigenvalue weighted by atomic mass is 28.4. The van der Waals surface area contributed by atoms with Crippen LogP contribution < -0.4 is 10.4 Å². The third kappa shape index (κ3) is 7.58. The monoisotopic (exact) mass is 526 g/mol. The summed E-state index contributed by atoms with van der Waals surface area (Å²) in [6.45, 7) is 20.6. The summed E-state index contributed by atoms with van der Waals surface area (Å²) in [4.78, 5) is 0. The van der Waals surface area contributed by atoms with Gasteiger partial charge in [-0.25, -0.2) is 0 Å². The van der Waals surface area contributed by atoms with Crippen LogP contribution in [0.5, 0.6) is 0 Å². The van der Waals surface area contributed by atoms with E-state index in [1.165, 1.54) is 32.7 Å². The van der Waals surface area contributed by atoms with Gasteiger partial charge < -0.3 is 4.43 Å². The van der Waals surface area contributed by atoms with Gasteiger partial charge >= 0.3 is 0 Å². The van der Waals surface area contributed by atoms with E-state index in [2.05, 4.69) is 134 Å². The molecule has 0 spiro atoms. The van der Waals surface area contributed by atoms with Gasteiger partial charge in [0.05, 0.1) is 6.10 Å². The van der Waals surface area contributed by atoms with Gasteiger partial charge in [-0.05, 0) is 93.1 Å². The molecule has 2 aromatic rings. The molecule has 0 aromatic heterocycles. The molecule has 2 heteroatoms. The van der Waals surface area contributed by atoms with Crippen molar-refractivity contribution in [1.82, 2.24) is 0 Å². The van der Waals surface area contributed by atoms with Crippen molar-refractivity contribution in [3.8, 4) is 0 Å². The van der Waals surface area contributed by atoms with Crippen molar-refractivity contribution >= 4 is 18.7 Å². The molecule has 0 heterocycles. The normalized spacial score (nSPS) is 24.7. The van der Waals surface area contributed by atoms with Crippen molar-refractivity contribution in [2.75, 3.05) is 0 Å². The van der Waals surface area contributed by atoms with Crippen molar-refractivity contribution in [1.29, 1.82) is 0 Å². The van der Waals surface area contributed by atoms with Gasteiger partial charge in [-0.1, -0.05) is 123 Å². The van der Waals surface area contributed by atoms with Gasteiger partial charge in [0.15, 0.2) is 0 Å². The van der Waals surface area contributed by atoms with Gasteiger partial charge in [0, 0.05) is 0 Å². The van der Waals surface area contributed by atoms with Crippen LogP contribution in [-0.4, -0.2) is 14.4 Å². The minimum atomic E-state index is -2.68. The van der Waals surface area contributed by atoms with E-state index in [-0.39, 0.29) is 11.1 Å². The van der Waals surface area contributed by atoms with Crippen LogP contribution in [0, 0.1) is 5.92 Å². The van der Waals surface area contributed by atoms with Crippen molar-refractivity contribution in [3.05, 3.63) is 108 Å². The smallest absolute Gasteiger partial charge is 0.261 e. The largest absolute Gasteiger partial charge is 0.401 e. The summed E-state index contributed by atoms with van der Waals surface area (Å²) in [5, 5.41) is 2.63. The molecule has 0 bridgehead atoms. The van der Waals surface area contributed by atoms with Crippen LogP contribution in [0.25, 0.3) is 0 Å². The molecule has 1 aliphatic carbocycles. The Morgan fingerprint density at radius 2 is 1.29 bits per heavy atom. The maximum absolute atomic E-state index is 7.72. The summed E-state index contributed by atoms with van der Waals surface area (Å²) in [5.74, 6) is 0.386. The van der Waals surface area contributed by atoms with Gasteiger partial charge in [0.1, 0.15) is 0 Å². The molecule has 0 radical (unpaired) electrons. The molecule has 2 aromatic carbocycles. The molecule has 0 unspecified atom stereocenters. The molecule has 1 aliphatic rings. The van der Waals surface area contributed by atoms with Crippen molar-refractivity contribution in [2.45, 2.75) is 98.1 Å². The number of hydrogen-bond acceptors (Lipinski definition) is 1. The summed E-state index contributed by atoms with van der Waals surface area (Å²) >= 11 is 0. The quantitative estimate of drug-likeness (QED) is 0.278. The molecule has 0 saturated heterocycles. The lowest BCUT2D eigenvalue weighted by molar-refractivity contribution is 0.194. The van der Waals surface area contributed by atoms with Crippen LogP contribution in [0.3, 0.4) is 0 Å². The fourth-order valence-electron chi connectivity index (χ4n) is 5.74. The SMILES string of the molecule is C=C(C)[C@H]1C/C=C(\C)CC/C=C(\C)CC/C=C(\C)[C@@H](O[Si](c2ccccc2)(c2ccccc2)C(C)(C)C)C1. The Labute approximate surface area is 234 Å². The third-order valence-electron chi connectivity index (χ3n) is 8.23. The summed E-state index contributed by atoms with van der Waals surface area (Å²) < 4.78 is 7.72. The Morgan fingerprint density at radius 3 is 1.79 bits per heavy atom. The summed E-state index contributed by atoms with van der Waals surface area (Å²) in [6.07, 6.45) is 13.8. The van der Waals surface area contributed by atoms with Gasteiger partial charge in [-0.2, -0.15) is 0 Å². The molecule has 0 fully saturated rings. The molecule has 38 heavy (non-hydrogen) atoms. The molecular weight excluding hydrogens is 476 g/mol. The van der Waals surface area contributed by atoms with E-state index < -0.39 is 8.32 Å². The zero-order valence-corrected chi connectivity index (χ0v) is 26.0. The highest BCUT2D eigenvalue weighted by Crippen LogP contribution is 2.40. The van der Waals surface area contributed by atoms with Crippen LogP contribution >= 0.6 is 0 Å². The average molecular weight is 527 g/mol. The van der Waals surface area contributed by atoms with E-state index in [9.17, 15) is 0 Å². The number of rotatable bonds is 5. The molecular formula is C36H50OSi. The third-order valence-corrected chi connectivity index (χ3v) is 13.3. The first-order chi connectivity index (χ1) is 18.0. The first kappa shape index (κ1) is 30.1. The van der Waals surface area contributed by atoms with Crippen LogP contribution in [-0.2, 0) is 4.43 Å². The molecule has 2 atom stereocenters. The van der Waals surface area contributed by atoms with Gasteiger partial charge in [-0.15, -0.1) is 0 Å². The number of allylic oxidation sites excluding steroid dienone is 6. The van der Waals surface area contributed by atoms with Gasteiger partial charge in [-0.3, -0.25) is 0 Å². The Bertz CT molecular complexity index is 1090. The second kappa shape index (κ2) is 13.6. The van der Waals surface area contributed by atoms with E-state index in [4.69, 9.17) is 4.43 Å². The van der Waals surface area contributed by atoms with Crippen molar-refractivity contribution < 1.29 is 4.43 Å². The van der Waals surface area contributed by atoms with E-state index in [1.807, 2.05) is 0 Å². The second-order valence-corrected chi connectivity index (χ2v) is 16.7. The van der Waals surface area contributed by atoms with Crippen molar-refractivity contribution in [2.24, 2.45) is 5.92 Å². The minimum absolute atomic E-state index is 0.0314. The Balaban J connectivity index is 2.16. The highest BCUT2D eigenvalue weighted by Gasteiger charge is 2.51. The van der Waals surface area contributed by atoms with E-state index >= 15 is 0 Å². The minimum Gasteiger partial charge on any atom is -0.401 e. The average Bonchev–Trinajstić information content (AvgIpc) is 2.88. The lowest BCUT2D eigenvalue weighted by atomic mass is 9.88. The zero-order chi connectivity index (χ0) is 27.8. The second-order valence-electron chi connectivity index (χ2n) is 12.4.